The lowest BCUT2D eigenvalue weighted by atomic mass is 10.1. The second kappa shape index (κ2) is 8.90. The zero-order chi connectivity index (χ0) is 21.8. The molecule has 7 nitrogen and oxygen atoms in total. The number of Topliss-reactive ketones (excluding diaryl/α,β-unsaturated/α-hetero) is 1. The van der Waals surface area contributed by atoms with E-state index in [1.165, 1.54) is 18.3 Å². The molecule has 156 valence electrons. The van der Waals surface area contributed by atoms with Gasteiger partial charge in [0, 0.05) is 28.8 Å². The van der Waals surface area contributed by atoms with E-state index in [0.29, 0.717) is 39.9 Å². The van der Waals surface area contributed by atoms with Gasteiger partial charge in [-0.05, 0) is 44.2 Å². The number of nitrogens with zero attached hydrogens (tertiary/aromatic N) is 2. The molecule has 0 saturated carbocycles. The molecular formula is C23H19N3O4S. The average Bonchev–Trinajstić information content (AvgIpc) is 3.44. The molecule has 4 rings (SSSR count). The lowest BCUT2D eigenvalue weighted by Crippen LogP contribution is -2.00. The average molecular weight is 433 g/mol. The summed E-state index contributed by atoms with van der Waals surface area (Å²) in [7, 11) is 0. The van der Waals surface area contributed by atoms with Gasteiger partial charge in [0.05, 0.1) is 18.0 Å². The van der Waals surface area contributed by atoms with Gasteiger partial charge in [-0.25, -0.2) is 4.98 Å². The van der Waals surface area contributed by atoms with Crippen LogP contribution >= 0.6 is 11.3 Å². The van der Waals surface area contributed by atoms with E-state index in [-0.39, 0.29) is 12.6 Å². The number of hydrogen-bond donors (Lipinski definition) is 1. The molecule has 0 bridgehead atoms. The molecule has 1 aliphatic heterocycles. The fraction of sp³-hybridized carbons (Fsp3) is 0.174. The number of fused-ring (bicyclic) bond motifs is 1. The predicted octanol–water partition coefficient (Wildman–Crippen LogP) is 5.12. The number of carbonyl (C=O) groups excluding carboxylic acids is 1. The Morgan fingerprint density at radius 2 is 2.03 bits per heavy atom. The smallest absolute Gasteiger partial charge is 0.231 e. The second-order valence-electron chi connectivity index (χ2n) is 6.62. The van der Waals surface area contributed by atoms with Crippen molar-refractivity contribution in [3.63, 3.8) is 0 Å². The lowest BCUT2D eigenvalue weighted by Gasteiger charge is -2.09. The molecule has 0 aliphatic carbocycles. The molecule has 8 heteroatoms. The van der Waals surface area contributed by atoms with Gasteiger partial charge in [0.2, 0.25) is 6.79 Å². The summed E-state index contributed by atoms with van der Waals surface area (Å²) in [5.41, 5.74) is 3.05. The maximum Gasteiger partial charge on any atom is 0.231 e. The fourth-order valence-electron chi connectivity index (χ4n) is 3.06. The van der Waals surface area contributed by atoms with E-state index < -0.39 is 0 Å². The highest BCUT2D eigenvalue weighted by molar-refractivity contribution is 7.11. The first kappa shape index (κ1) is 20.4. The van der Waals surface area contributed by atoms with Crippen LogP contribution in [0.4, 0.5) is 5.69 Å². The third-order valence-corrected chi connectivity index (χ3v) is 5.46. The molecule has 0 radical (unpaired) electrons. The second-order valence-corrected chi connectivity index (χ2v) is 7.47. The van der Waals surface area contributed by atoms with E-state index in [2.05, 4.69) is 16.4 Å². The molecular weight excluding hydrogens is 414 g/mol. The molecule has 0 unspecified atom stereocenters. The Labute approximate surface area is 183 Å². The van der Waals surface area contributed by atoms with Crippen molar-refractivity contribution in [3.05, 3.63) is 58.5 Å². The van der Waals surface area contributed by atoms with Crippen LogP contribution in [-0.2, 0) is 0 Å². The van der Waals surface area contributed by atoms with E-state index in [4.69, 9.17) is 14.2 Å². The number of aromatic nitrogens is 1. The Balaban J connectivity index is 1.58. The zero-order valence-corrected chi connectivity index (χ0v) is 17.8. The molecule has 2 heterocycles. The molecule has 3 aromatic rings. The normalized spacial score (nSPS) is 12.4. The van der Waals surface area contributed by atoms with Gasteiger partial charge in [0.1, 0.15) is 22.4 Å². The van der Waals surface area contributed by atoms with Crippen molar-refractivity contribution in [1.29, 1.82) is 5.26 Å². The monoisotopic (exact) mass is 433 g/mol. The molecule has 1 aliphatic rings. The maximum absolute atomic E-state index is 12.0. The van der Waals surface area contributed by atoms with Gasteiger partial charge >= 0.3 is 0 Å². The summed E-state index contributed by atoms with van der Waals surface area (Å²) in [5, 5.41) is 15.2. The van der Waals surface area contributed by atoms with Gasteiger partial charge in [-0.3, -0.25) is 4.79 Å². The lowest BCUT2D eigenvalue weighted by molar-refractivity contribution is 0.101. The first-order chi connectivity index (χ1) is 15.1. The predicted molar refractivity (Wildman–Crippen MR) is 119 cm³/mol. The molecule has 0 amide bonds. The van der Waals surface area contributed by atoms with Gasteiger partial charge in [-0.15, -0.1) is 11.3 Å². The van der Waals surface area contributed by atoms with Crippen LogP contribution in [0, 0.1) is 11.3 Å². The summed E-state index contributed by atoms with van der Waals surface area (Å²) in [5.74, 6) is 1.75. The molecule has 2 aromatic carbocycles. The van der Waals surface area contributed by atoms with Crippen LogP contribution in [0.2, 0.25) is 0 Å². The summed E-state index contributed by atoms with van der Waals surface area (Å²) in [6.45, 7) is 4.13. The largest absolute Gasteiger partial charge is 0.494 e. The number of ether oxygens (including phenoxy) is 3. The number of ketones is 1. The highest BCUT2D eigenvalue weighted by atomic mass is 32.1. The van der Waals surface area contributed by atoms with Crippen LogP contribution in [0.3, 0.4) is 0 Å². The molecule has 1 N–H and O–H groups in total. The number of allylic oxidation sites excluding steroid dienone is 1. The van der Waals surface area contributed by atoms with Crippen molar-refractivity contribution in [1.82, 2.24) is 4.98 Å². The van der Waals surface area contributed by atoms with E-state index in [9.17, 15) is 10.1 Å². The Hall–Kier alpha value is -3.83. The van der Waals surface area contributed by atoms with Crippen LogP contribution < -0.4 is 19.5 Å². The number of thiazole rings is 1. The SMILES string of the molecule is CCOc1ccc(-c2csc(C(C#N)=CNc3cc4c(cc3C(C)=O)OCO4)n2)cc1. The number of hydrogen-bond acceptors (Lipinski definition) is 8. The number of anilines is 1. The van der Waals surface area contributed by atoms with Crippen molar-refractivity contribution in [3.8, 4) is 34.6 Å². The van der Waals surface area contributed by atoms with Crippen LogP contribution in [0.1, 0.15) is 29.2 Å². The van der Waals surface area contributed by atoms with Gasteiger partial charge in [0.25, 0.3) is 0 Å². The Bertz CT molecular complexity index is 1190. The number of nitriles is 1. The van der Waals surface area contributed by atoms with Crippen LogP contribution in [0.15, 0.2) is 48.0 Å². The van der Waals surface area contributed by atoms with Gasteiger partial charge in [-0.1, -0.05) is 0 Å². The third-order valence-electron chi connectivity index (χ3n) is 4.58. The summed E-state index contributed by atoms with van der Waals surface area (Å²) in [6.07, 6.45) is 1.55. The summed E-state index contributed by atoms with van der Waals surface area (Å²) < 4.78 is 16.2. The Morgan fingerprint density at radius 3 is 2.71 bits per heavy atom. The van der Waals surface area contributed by atoms with Crippen molar-refractivity contribution >= 4 is 28.4 Å². The van der Waals surface area contributed by atoms with Crippen molar-refractivity contribution in [2.45, 2.75) is 13.8 Å². The minimum absolute atomic E-state index is 0.114. The van der Waals surface area contributed by atoms with Gasteiger partial charge in [0.15, 0.2) is 17.3 Å². The Morgan fingerprint density at radius 1 is 1.29 bits per heavy atom. The topological polar surface area (TPSA) is 93.5 Å². The summed E-state index contributed by atoms with van der Waals surface area (Å²) in [4.78, 5) is 16.6. The highest BCUT2D eigenvalue weighted by Gasteiger charge is 2.19. The first-order valence-corrected chi connectivity index (χ1v) is 10.5. The van der Waals surface area contributed by atoms with E-state index in [1.54, 1.807) is 18.3 Å². The molecule has 0 fully saturated rings. The number of carbonyl (C=O) groups is 1. The number of nitrogens with one attached hydrogen (secondary N) is 1. The minimum atomic E-state index is -0.125. The summed E-state index contributed by atoms with van der Waals surface area (Å²) in [6, 6.07) is 13.2. The quantitative estimate of drug-likeness (QED) is 0.408. The standard InChI is InChI=1S/C23H19N3O4S/c1-3-28-17-6-4-15(5-7-17)20-12-31-23(26-20)16(10-24)11-25-19-9-22-21(29-13-30-22)8-18(19)14(2)27/h4-9,11-12,25H,3,13H2,1-2H3. The van der Waals surface area contributed by atoms with E-state index in [1.807, 2.05) is 36.6 Å². The highest BCUT2D eigenvalue weighted by Crippen LogP contribution is 2.37. The molecule has 0 atom stereocenters. The van der Waals surface area contributed by atoms with Crippen LogP contribution in [0.25, 0.3) is 16.8 Å². The van der Waals surface area contributed by atoms with Gasteiger partial charge in [-0.2, -0.15) is 5.26 Å². The molecule has 0 saturated heterocycles. The van der Waals surface area contributed by atoms with E-state index in [0.717, 1.165) is 17.0 Å². The molecule has 31 heavy (non-hydrogen) atoms. The third kappa shape index (κ3) is 4.37. The number of rotatable bonds is 7. The number of benzene rings is 2. The Kier molecular flexibility index (Phi) is 5.87. The fourth-order valence-corrected chi connectivity index (χ4v) is 3.86. The zero-order valence-electron chi connectivity index (χ0n) is 17.0. The minimum Gasteiger partial charge on any atom is -0.494 e. The maximum atomic E-state index is 12.0. The van der Waals surface area contributed by atoms with Gasteiger partial charge < -0.3 is 19.5 Å². The molecule has 0 spiro atoms. The van der Waals surface area contributed by atoms with E-state index >= 15 is 0 Å². The van der Waals surface area contributed by atoms with Crippen molar-refractivity contribution in [2.75, 3.05) is 18.7 Å². The molecule has 1 aromatic heterocycles. The van der Waals surface area contributed by atoms with Crippen molar-refractivity contribution in [2.24, 2.45) is 0 Å². The van der Waals surface area contributed by atoms with Crippen LogP contribution in [0.5, 0.6) is 17.2 Å². The first-order valence-electron chi connectivity index (χ1n) is 9.59. The van der Waals surface area contributed by atoms with Crippen molar-refractivity contribution < 1.29 is 19.0 Å². The summed E-state index contributed by atoms with van der Waals surface area (Å²) >= 11 is 1.37. The van der Waals surface area contributed by atoms with Crippen LogP contribution in [-0.4, -0.2) is 24.2 Å².